The van der Waals surface area contributed by atoms with Crippen LogP contribution in [0.5, 0.6) is 0 Å². The first kappa shape index (κ1) is 15.3. The normalized spacial score (nSPS) is 42.7. The van der Waals surface area contributed by atoms with Gasteiger partial charge >= 0.3 is 0 Å². The summed E-state index contributed by atoms with van der Waals surface area (Å²) in [5.41, 5.74) is 0.0984. The van der Waals surface area contributed by atoms with E-state index in [1.54, 1.807) is 0 Å². The molecule has 1 N–H and O–H groups in total. The first-order chi connectivity index (χ1) is 9.90. The van der Waals surface area contributed by atoms with Gasteiger partial charge in [0.15, 0.2) is 0 Å². The van der Waals surface area contributed by atoms with Crippen LogP contribution in [-0.4, -0.2) is 23.8 Å². The molecule has 3 fully saturated rings. The SMILES string of the molecule is CC1CC(OC2CCC(C#N)(NC3CC3)C2)CC(C)(C)C1. The lowest BCUT2D eigenvalue weighted by molar-refractivity contribution is -0.0638. The summed E-state index contributed by atoms with van der Waals surface area (Å²) in [4.78, 5) is 0. The summed E-state index contributed by atoms with van der Waals surface area (Å²) in [5.74, 6) is 0.755. The van der Waals surface area contributed by atoms with Crippen molar-refractivity contribution in [2.75, 3.05) is 0 Å². The number of hydrogen-bond acceptors (Lipinski definition) is 3. The highest BCUT2D eigenvalue weighted by Gasteiger charge is 2.44. The second kappa shape index (κ2) is 5.56. The van der Waals surface area contributed by atoms with Gasteiger partial charge in [0.25, 0.3) is 0 Å². The molecule has 21 heavy (non-hydrogen) atoms. The lowest BCUT2D eigenvalue weighted by Gasteiger charge is -2.39. The standard InChI is InChI=1S/C18H30N2O/c1-13-8-16(10-17(2,3)9-13)21-15-6-7-18(11-15,12-19)20-14-4-5-14/h13-16,20H,4-11H2,1-3H3. The lowest BCUT2D eigenvalue weighted by Crippen LogP contribution is -2.43. The van der Waals surface area contributed by atoms with E-state index in [0.29, 0.717) is 17.6 Å². The Kier molecular flexibility index (Phi) is 4.05. The molecule has 0 saturated heterocycles. The Hall–Kier alpha value is -0.590. The molecule has 3 rings (SSSR count). The Morgan fingerprint density at radius 1 is 1.10 bits per heavy atom. The third-order valence-corrected chi connectivity index (χ3v) is 5.47. The molecule has 0 spiro atoms. The fourth-order valence-corrected chi connectivity index (χ4v) is 4.63. The zero-order chi connectivity index (χ0) is 15.1. The van der Waals surface area contributed by atoms with Crippen molar-refractivity contribution in [1.29, 1.82) is 5.26 Å². The first-order valence-corrected chi connectivity index (χ1v) is 8.74. The summed E-state index contributed by atoms with van der Waals surface area (Å²) in [6.07, 6.45) is 9.69. The molecule has 3 aliphatic rings. The van der Waals surface area contributed by atoms with Crippen molar-refractivity contribution in [3.8, 4) is 6.07 Å². The minimum atomic E-state index is -0.304. The molecular weight excluding hydrogens is 260 g/mol. The van der Waals surface area contributed by atoms with E-state index in [4.69, 9.17) is 4.74 Å². The van der Waals surface area contributed by atoms with Gasteiger partial charge in [-0.25, -0.2) is 0 Å². The van der Waals surface area contributed by atoms with Gasteiger partial charge in [-0.05, 0) is 56.3 Å². The zero-order valence-corrected chi connectivity index (χ0v) is 13.8. The quantitative estimate of drug-likeness (QED) is 0.857. The van der Waals surface area contributed by atoms with Gasteiger partial charge in [0.2, 0.25) is 0 Å². The van der Waals surface area contributed by atoms with Crippen LogP contribution in [0, 0.1) is 22.7 Å². The topological polar surface area (TPSA) is 45.0 Å². The number of nitrogens with zero attached hydrogens (tertiary/aromatic N) is 1. The summed E-state index contributed by atoms with van der Waals surface area (Å²) in [5, 5.41) is 13.1. The zero-order valence-electron chi connectivity index (χ0n) is 13.8. The van der Waals surface area contributed by atoms with Crippen LogP contribution in [0.25, 0.3) is 0 Å². The summed E-state index contributed by atoms with van der Waals surface area (Å²) < 4.78 is 6.43. The number of nitriles is 1. The van der Waals surface area contributed by atoms with Crippen molar-refractivity contribution in [1.82, 2.24) is 5.32 Å². The fraction of sp³-hybridized carbons (Fsp3) is 0.944. The number of rotatable bonds is 4. The first-order valence-electron chi connectivity index (χ1n) is 8.74. The van der Waals surface area contributed by atoms with E-state index >= 15 is 0 Å². The molecule has 3 heteroatoms. The maximum atomic E-state index is 9.57. The number of hydrogen-bond donors (Lipinski definition) is 1. The van der Waals surface area contributed by atoms with Crippen molar-refractivity contribution in [3.05, 3.63) is 0 Å². The van der Waals surface area contributed by atoms with Gasteiger partial charge in [-0.1, -0.05) is 20.8 Å². The molecule has 0 aromatic heterocycles. The molecule has 4 atom stereocenters. The largest absolute Gasteiger partial charge is 0.375 e. The van der Waals surface area contributed by atoms with Gasteiger partial charge < -0.3 is 4.74 Å². The summed E-state index contributed by atoms with van der Waals surface area (Å²) in [6, 6.07) is 3.14. The molecule has 0 amide bonds. The smallest absolute Gasteiger partial charge is 0.109 e. The van der Waals surface area contributed by atoms with E-state index in [2.05, 4.69) is 32.2 Å². The van der Waals surface area contributed by atoms with Crippen molar-refractivity contribution in [3.63, 3.8) is 0 Å². The highest BCUT2D eigenvalue weighted by molar-refractivity contribution is 5.14. The second-order valence-corrected chi connectivity index (χ2v) is 8.65. The van der Waals surface area contributed by atoms with Crippen molar-refractivity contribution < 1.29 is 4.74 Å². The van der Waals surface area contributed by atoms with Crippen LogP contribution in [0.3, 0.4) is 0 Å². The van der Waals surface area contributed by atoms with Crippen LogP contribution in [-0.2, 0) is 4.74 Å². The Bertz CT molecular complexity index is 423. The predicted molar refractivity (Wildman–Crippen MR) is 83.8 cm³/mol. The van der Waals surface area contributed by atoms with Gasteiger partial charge in [0, 0.05) is 12.5 Å². The van der Waals surface area contributed by atoms with Gasteiger partial charge in [-0.15, -0.1) is 0 Å². The van der Waals surface area contributed by atoms with Crippen LogP contribution in [0.15, 0.2) is 0 Å². The Morgan fingerprint density at radius 3 is 2.48 bits per heavy atom. The second-order valence-electron chi connectivity index (χ2n) is 8.65. The average molecular weight is 290 g/mol. The third kappa shape index (κ3) is 3.79. The van der Waals surface area contributed by atoms with E-state index in [9.17, 15) is 5.26 Å². The lowest BCUT2D eigenvalue weighted by atomic mass is 9.71. The highest BCUT2D eigenvalue weighted by atomic mass is 16.5. The van der Waals surface area contributed by atoms with Crippen molar-refractivity contribution >= 4 is 0 Å². The predicted octanol–water partition coefficient (Wildman–Crippen LogP) is 3.78. The monoisotopic (exact) mass is 290 g/mol. The van der Waals surface area contributed by atoms with Gasteiger partial charge in [-0.3, -0.25) is 5.32 Å². The van der Waals surface area contributed by atoms with E-state index in [1.807, 2.05) is 0 Å². The van der Waals surface area contributed by atoms with E-state index < -0.39 is 0 Å². The number of ether oxygens (including phenoxy) is 1. The van der Waals surface area contributed by atoms with Crippen LogP contribution in [0.4, 0.5) is 0 Å². The summed E-state index contributed by atoms with van der Waals surface area (Å²) in [7, 11) is 0. The summed E-state index contributed by atoms with van der Waals surface area (Å²) >= 11 is 0. The molecule has 0 aromatic rings. The Balaban J connectivity index is 1.55. The molecule has 0 bridgehead atoms. The molecule has 118 valence electrons. The molecule has 3 aliphatic carbocycles. The van der Waals surface area contributed by atoms with Crippen LogP contribution in [0.1, 0.15) is 72.1 Å². The van der Waals surface area contributed by atoms with Gasteiger partial charge in [0.05, 0.1) is 18.3 Å². The number of nitrogens with one attached hydrogen (secondary N) is 1. The highest BCUT2D eigenvalue weighted by Crippen LogP contribution is 2.42. The molecular formula is C18H30N2O. The van der Waals surface area contributed by atoms with Crippen molar-refractivity contribution in [2.24, 2.45) is 11.3 Å². The van der Waals surface area contributed by atoms with Crippen molar-refractivity contribution in [2.45, 2.75) is 95.9 Å². The molecule has 0 radical (unpaired) electrons. The maximum absolute atomic E-state index is 9.57. The Morgan fingerprint density at radius 2 is 1.86 bits per heavy atom. The van der Waals surface area contributed by atoms with E-state index in [0.717, 1.165) is 25.2 Å². The van der Waals surface area contributed by atoms with Gasteiger partial charge in [-0.2, -0.15) is 5.26 Å². The fourth-order valence-electron chi connectivity index (χ4n) is 4.63. The minimum absolute atomic E-state index is 0.280. The third-order valence-electron chi connectivity index (χ3n) is 5.47. The molecule has 3 saturated carbocycles. The minimum Gasteiger partial charge on any atom is -0.375 e. The van der Waals surface area contributed by atoms with Gasteiger partial charge in [0.1, 0.15) is 5.54 Å². The molecule has 0 aromatic carbocycles. The molecule has 4 unspecified atom stereocenters. The van der Waals surface area contributed by atoms with Crippen LogP contribution in [0.2, 0.25) is 0 Å². The molecule has 0 aliphatic heterocycles. The molecule has 3 nitrogen and oxygen atoms in total. The average Bonchev–Trinajstić information content (AvgIpc) is 3.08. The van der Waals surface area contributed by atoms with Crippen LogP contribution >= 0.6 is 0 Å². The summed E-state index contributed by atoms with van der Waals surface area (Å²) in [6.45, 7) is 7.07. The maximum Gasteiger partial charge on any atom is 0.109 e. The van der Waals surface area contributed by atoms with E-state index in [1.165, 1.54) is 32.1 Å². The Labute approximate surface area is 129 Å². The molecule has 0 heterocycles. The van der Waals surface area contributed by atoms with Crippen LogP contribution < -0.4 is 5.32 Å². The van der Waals surface area contributed by atoms with E-state index in [-0.39, 0.29) is 11.6 Å².